The van der Waals surface area contributed by atoms with E-state index in [2.05, 4.69) is 31.3 Å². The molecule has 0 aliphatic rings. The van der Waals surface area contributed by atoms with Gasteiger partial charge in [0.15, 0.2) is 0 Å². The highest BCUT2D eigenvalue weighted by atomic mass is 16.3. The molecule has 1 aromatic carbocycles. The molecule has 0 amide bonds. The minimum atomic E-state index is 0.351. The number of anilines is 1. The maximum Gasteiger partial charge on any atom is 0.203 e. The molecule has 1 aromatic heterocycles. The summed E-state index contributed by atoms with van der Waals surface area (Å²) in [6.45, 7) is 4.92. The standard InChI is InChI=1S/C15H16N2O/c1-11(2)14-5-3-4-6-15(14)17-10-13-8-7-12(9-16)18-13/h3-8,11,17H,10H2,1-2H3. The first-order valence-corrected chi connectivity index (χ1v) is 6.02. The van der Waals surface area contributed by atoms with Gasteiger partial charge in [0.25, 0.3) is 0 Å². The van der Waals surface area contributed by atoms with Crippen LogP contribution in [-0.4, -0.2) is 0 Å². The molecule has 0 spiro atoms. The summed E-state index contributed by atoms with van der Waals surface area (Å²) < 4.78 is 5.33. The van der Waals surface area contributed by atoms with Crippen molar-refractivity contribution in [3.05, 3.63) is 53.5 Å². The van der Waals surface area contributed by atoms with Gasteiger partial charge in [0.1, 0.15) is 11.8 Å². The lowest BCUT2D eigenvalue weighted by Gasteiger charge is -2.13. The van der Waals surface area contributed by atoms with Crippen molar-refractivity contribution in [2.24, 2.45) is 0 Å². The van der Waals surface area contributed by atoms with Crippen LogP contribution in [0.5, 0.6) is 0 Å². The van der Waals surface area contributed by atoms with Crippen molar-refractivity contribution in [1.82, 2.24) is 0 Å². The van der Waals surface area contributed by atoms with Gasteiger partial charge in [-0.25, -0.2) is 0 Å². The maximum absolute atomic E-state index is 8.69. The average molecular weight is 240 g/mol. The Morgan fingerprint density at radius 1 is 1.22 bits per heavy atom. The Hall–Kier alpha value is -2.21. The third-order valence-corrected chi connectivity index (χ3v) is 2.81. The van der Waals surface area contributed by atoms with Crippen molar-refractivity contribution in [2.45, 2.75) is 26.3 Å². The summed E-state index contributed by atoms with van der Waals surface area (Å²) >= 11 is 0. The number of furan rings is 1. The number of nitrogens with one attached hydrogen (secondary N) is 1. The largest absolute Gasteiger partial charge is 0.449 e. The van der Waals surface area contributed by atoms with Gasteiger partial charge in [-0.2, -0.15) is 5.26 Å². The second-order valence-corrected chi connectivity index (χ2v) is 4.47. The van der Waals surface area contributed by atoms with E-state index in [1.165, 1.54) is 5.56 Å². The van der Waals surface area contributed by atoms with Crippen LogP contribution in [0.3, 0.4) is 0 Å². The lowest BCUT2D eigenvalue weighted by atomic mass is 10.0. The topological polar surface area (TPSA) is 49.0 Å². The lowest BCUT2D eigenvalue weighted by Crippen LogP contribution is -2.02. The fourth-order valence-corrected chi connectivity index (χ4v) is 1.88. The molecule has 0 fully saturated rings. The van der Waals surface area contributed by atoms with Crippen LogP contribution >= 0.6 is 0 Å². The molecule has 0 radical (unpaired) electrons. The van der Waals surface area contributed by atoms with Crippen LogP contribution in [0.15, 0.2) is 40.8 Å². The van der Waals surface area contributed by atoms with Crippen LogP contribution < -0.4 is 5.32 Å². The minimum absolute atomic E-state index is 0.351. The van der Waals surface area contributed by atoms with Gasteiger partial charge in [0.2, 0.25) is 5.76 Å². The molecule has 0 unspecified atom stereocenters. The fourth-order valence-electron chi connectivity index (χ4n) is 1.88. The zero-order valence-electron chi connectivity index (χ0n) is 10.6. The molecule has 0 atom stereocenters. The summed E-state index contributed by atoms with van der Waals surface area (Å²) in [7, 11) is 0. The van der Waals surface area contributed by atoms with Gasteiger partial charge in [-0.3, -0.25) is 0 Å². The molecule has 0 saturated carbocycles. The summed E-state index contributed by atoms with van der Waals surface area (Å²) in [5.74, 6) is 1.59. The molecule has 3 heteroatoms. The summed E-state index contributed by atoms with van der Waals surface area (Å²) in [6.07, 6.45) is 0. The van der Waals surface area contributed by atoms with Crippen molar-refractivity contribution in [3.8, 4) is 6.07 Å². The van der Waals surface area contributed by atoms with Crippen molar-refractivity contribution >= 4 is 5.69 Å². The van der Waals surface area contributed by atoms with Crippen molar-refractivity contribution in [1.29, 1.82) is 5.26 Å². The van der Waals surface area contributed by atoms with E-state index in [0.29, 0.717) is 18.2 Å². The molecular weight excluding hydrogens is 224 g/mol. The predicted octanol–water partition coefficient (Wildman–Crippen LogP) is 3.89. The number of nitriles is 1. The molecule has 2 rings (SSSR count). The first-order chi connectivity index (χ1) is 8.70. The highest BCUT2D eigenvalue weighted by Gasteiger charge is 2.06. The molecule has 0 aliphatic heterocycles. The molecule has 0 bridgehead atoms. The monoisotopic (exact) mass is 240 g/mol. The molecule has 1 heterocycles. The summed E-state index contributed by atoms with van der Waals surface area (Å²) in [6, 6.07) is 13.7. The fraction of sp³-hybridized carbons (Fsp3) is 0.267. The first kappa shape index (κ1) is 12.3. The Morgan fingerprint density at radius 3 is 2.67 bits per heavy atom. The van der Waals surface area contributed by atoms with Crippen LogP contribution in [0.2, 0.25) is 0 Å². The zero-order chi connectivity index (χ0) is 13.0. The Labute approximate surface area is 107 Å². The highest BCUT2D eigenvalue weighted by Crippen LogP contribution is 2.24. The van der Waals surface area contributed by atoms with Gasteiger partial charge < -0.3 is 9.73 Å². The summed E-state index contributed by atoms with van der Waals surface area (Å²) in [5.41, 5.74) is 2.40. The van der Waals surface area contributed by atoms with E-state index in [-0.39, 0.29) is 0 Å². The van der Waals surface area contributed by atoms with E-state index >= 15 is 0 Å². The Morgan fingerprint density at radius 2 is 2.00 bits per heavy atom. The van der Waals surface area contributed by atoms with E-state index in [4.69, 9.17) is 9.68 Å². The van der Waals surface area contributed by atoms with Gasteiger partial charge in [0.05, 0.1) is 6.54 Å². The number of nitrogens with zero attached hydrogens (tertiary/aromatic N) is 1. The lowest BCUT2D eigenvalue weighted by molar-refractivity contribution is 0.506. The van der Waals surface area contributed by atoms with E-state index < -0.39 is 0 Å². The van der Waals surface area contributed by atoms with Crippen LogP contribution in [0.4, 0.5) is 5.69 Å². The quantitative estimate of drug-likeness (QED) is 0.882. The third kappa shape index (κ3) is 2.72. The average Bonchev–Trinajstić information content (AvgIpc) is 2.84. The molecule has 0 aliphatic carbocycles. The van der Waals surface area contributed by atoms with Crippen LogP contribution in [-0.2, 0) is 6.54 Å². The van der Waals surface area contributed by atoms with Crippen LogP contribution in [0.1, 0.15) is 36.8 Å². The van der Waals surface area contributed by atoms with Gasteiger partial charge >= 0.3 is 0 Å². The second-order valence-electron chi connectivity index (χ2n) is 4.47. The zero-order valence-corrected chi connectivity index (χ0v) is 10.6. The van der Waals surface area contributed by atoms with Gasteiger partial charge in [-0.1, -0.05) is 32.0 Å². The van der Waals surface area contributed by atoms with Gasteiger partial charge in [0, 0.05) is 5.69 Å². The number of rotatable bonds is 4. The van der Waals surface area contributed by atoms with Crippen molar-refractivity contribution < 1.29 is 4.42 Å². The molecule has 18 heavy (non-hydrogen) atoms. The van der Waals surface area contributed by atoms with Gasteiger partial charge in [-0.15, -0.1) is 0 Å². The molecule has 2 aromatic rings. The molecular formula is C15H16N2O. The predicted molar refractivity (Wildman–Crippen MR) is 71.3 cm³/mol. The smallest absolute Gasteiger partial charge is 0.203 e. The second kappa shape index (κ2) is 5.42. The number of hydrogen-bond acceptors (Lipinski definition) is 3. The van der Waals surface area contributed by atoms with Crippen molar-refractivity contribution in [3.63, 3.8) is 0 Å². The number of hydrogen-bond donors (Lipinski definition) is 1. The molecule has 1 N–H and O–H groups in total. The Kier molecular flexibility index (Phi) is 3.69. The third-order valence-electron chi connectivity index (χ3n) is 2.81. The molecule has 92 valence electrons. The summed E-state index contributed by atoms with van der Waals surface area (Å²) in [4.78, 5) is 0. The number of para-hydroxylation sites is 1. The first-order valence-electron chi connectivity index (χ1n) is 6.02. The maximum atomic E-state index is 8.69. The van der Waals surface area contributed by atoms with Gasteiger partial charge in [-0.05, 0) is 29.7 Å². The van der Waals surface area contributed by atoms with E-state index in [1.54, 1.807) is 6.07 Å². The highest BCUT2D eigenvalue weighted by molar-refractivity contribution is 5.52. The van der Waals surface area contributed by atoms with Crippen LogP contribution in [0.25, 0.3) is 0 Å². The normalized spacial score (nSPS) is 10.3. The van der Waals surface area contributed by atoms with Crippen LogP contribution in [0, 0.1) is 11.3 Å². The summed E-state index contributed by atoms with van der Waals surface area (Å²) in [5, 5.41) is 12.0. The Bertz CT molecular complexity index is 564. The SMILES string of the molecule is CC(C)c1ccccc1NCc1ccc(C#N)o1. The van der Waals surface area contributed by atoms with E-state index in [1.807, 2.05) is 24.3 Å². The van der Waals surface area contributed by atoms with E-state index in [0.717, 1.165) is 11.4 Å². The minimum Gasteiger partial charge on any atom is -0.449 e. The number of benzene rings is 1. The van der Waals surface area contributed by atoms with Crippen molar-refractivity contribution in [2.75, 3.05) is 5.32 Å². The molecule has 0 saturated heterocycles. The molecule has 3 nitrogen and oxygen atoms in total. The Balaban J connectivity index is 2.08. The van der Waals surface area contributed by atoms with E-state index in [9.17, 15) is 0 Å².